The number of hydrogen-bond donors (Lipinski definition) is 0. The second-order valence-corrected chi connectivity index (χ2v) is 7.74. The van der Waals surface area contributed by atoms with Crippen LogP contribution in [0.1, 0.15) is 30.2 Å². The van der Waals surface area contributed by atoms with Gasteiger partial charge in [0.25, 0.3) is 0 Å². The first-order chi connectivity index (χ1) is 12.2. The lowest BCUT2D eigenvalue weighted by atomic mass is 10.2. The number of thioether (sulfide) groups is 1. The summed E-state index contributed by atoms with van der Waals surface area (Å²) >= 11 is 3.03. The zero-order valence-corrected chi connectivity index (χ0v) is 15.4. The Morgan fingerprint density at radius 1 is 1.28 bits per heavy atom. The molecule has 7 heteroatoms. The second kappa shape index (κ2) is 8.40. The van der Waals surface area contributed by atoms with Crippen LogP contribution in [0.25, 0.3) is 0 Å². The van der Waals surface area contributed by atoms with Crippen LogP contribution in [0.2, 0.25) is 0 Å². The van der Waals surface area contributed by atoms with E-state index in [1.54, 1.807) is 34.6 Å². The molecule has 0 bridgehead atoms. The molecule has 1 fully saturated rings. The fourth-order valence-corrected chi connectivity index (χ4v) is 4.24. The molecule has 1 saturated heterocycles. The van der Waals surface area contributed by atoms with Crippen molar-refractivity contribution in [2.24, 2.45) is 10.2 Å². The number of halogens is 1. The summed E-state index contributed by atoms with van der Waals surface area (Å²) in [5.74, 6) is -0.245. The van der Waals surface area contributed by atoms with Gasteiger partial charge >= 0.3 is 0 Å². The Morgan fingerprint density at radius 2 is 2.08 bits per heavy atom. The number of amidine groups is 1. The molecule has 1 aromatic carbocycles. The van der Waals surface area contributed by atoms with Crippen molar-refractivity contribution in [2.45, 2.75) is 31.6 Å². The van der Waals surface area contributed by atoms with E-state index in [2.05, 4.69) is 17.1 Å². The lowest BCUT2D eigenvalue weighted by Gasteiger charge is -2.15. The molecule has 25 heavy (non-hydrogen) atoms. The monoisotopic (exact) mass is 375 g/mol. The van der Waals surface area contributed by atoms with Gasteiger partial charge in [-0.05, 0) is 35.6 Å². The molecule has 3 rings (SSSR count). The van der Waals surface area contributed by atoms with Gasteiger partial charge in [-0.1, -0.05) is 43.3 Å². The van der Waals surface area contributed by atoms with Crippen molar-refractivity contribution in [1.82, 2.24) is 4.90 Å². The van der Waals surface area contributed by atoms with Crippen molar-refractivity contribution in [1.29, 1.82) is 0 Å². The molecule has 4 nitrogen and oxygen atoms in total. The Morgan fingerprint density at radius 3 is 2.76 bits per heavy atom. The van der Waals surface area contributed by atoms with Crippen molar-refractivity contribution in [3.05, 3.63) is 58.0 Å². The van der Waals surface area contributed by atoms with E-state index < -0.39 is 0 Å². The molecule has 0 radical (unpaired) electrons. The van der Waals surface area contributed by atoms with Crippen LogP contribution in [0.3, 0.4) is 0 Å². The van der Waals surface area contributed by atoms with E-state index in [-0.39, 0.29) is 17.0 Å². The smallest absolute Gasteiger partial charge is 0.242 e. The lowest BCUT2D eigenvalue weighted by Crippen LogP contribution is -2.31. The van der Waals surface area contributed by atoms with Crippen LogP contribution in [0.5, 0.6) is 0 Å². The van der Waals surface area contributed by atoms with Crippen LogP contribution in [0.15, 0.2) is 52.0 Å². The molecular weight excluding hydrogens is 357 g/mol. The molecule has 130 valence electrons. The molecule has 1 atom stereocenters. The van der Waals surface area contributed by atoms with Gasteiger partial charge in [0.1, 0.15) is 5.82 Å². The maximum atomic E-state index is 13.1. The summed E-state index contributed by atoms with van der Waals surface area (Å²) < 4.78 is 13.1. The summed E-state index contributed by atoms with van der Waals surface area (Å²) in [6, 6.07) is 10.1. The predicted molar refractivity (Wildman–Crippen MR) is 103 cm³/mol. The third-order valence-corrected chi connectivity index (χ3v) is 5.74. The second-order valence-electron chi connectivity index (χ2n) is 5.59. The van der Waals surface area contributed by atoms with E-state index in [1.165, 1.54) is 23.9 Å². The van der Waals surface area contributed by atoms with Gasteiger partial charge in [-0.15, -0.1) is 16.4 Å². The molecule has 1 aliphatic rings. The van der Waals surface area contributed by atoms with Crippen LogP contribution in [0.4, 0.5) is 4.39 Å². The van der Waals surface area contributed by atoms with E-state index >= 15 is 0 Å². The molecule has 0 spiro atoms. The van der Waals surface area contributed by atoms with E-state index in [0.29, 0.717) is 11.7 Å². The number of thiophene rings is 1. The average molecular weight is 375 g/mol. The minimum Gasteiger partial charge on any atom is -0.284 e. The number of amides is 1. The highest BCUT2D eigenvalue weighted by Crippen LogP contribution is 2.31. The zero-order valence-electron chi connectivity index (χ0n) is 13.8. The third-order valence-electron chi connectivity index (χ3n) is 3.70. The first-order valence-corrected chi connectivity index (χ1v) is 9.80. The molecule has 1 amide bonds. The minimum atomic E-state index is -0.288. The van der Waals surface area contributed by atoms with Gasteiger partial charge in [-0.25, -0.2) is 4.39 Å². The van der Waals surface area contributed by atoms with Gasteiger partial charge in [-0.2, -0.15) is 5.10 Å². The summed E-state index contributed by atoms with van der Waals surface area (Å²) in [6.45, 7) is 2.43. The van der Waals surface area contributed by atoms with Crippen LogP contribution in [0, 0.1) is 5.82 Å². The van der Waals surface area contributed by atoms with Crippen molar-refractivity contribution < 1.29 is 9.18 Å². The molecule has 2 aromatic rings. The number of hydrogen-bond acceptors (Lipinski definition) is 5. The van der Waals surface area contributed by atoms with Gasteiger partial charge in [0, 0.05) is 4.88 Å². The Hall–Kier alpha value is -1.99. The van der Waals surface area contributed by atoms with Gasteiger partial charge in [0.15, 0.2) is 5.17 Å². The standard InChI is InChI=1S/C18H18FN3OS2/c1-2-4-16-17(23)22(12-13-6-8-14(19)9-7-13)18(25-16)21-20-11-15-5-3-10-24-15/h3,5-11,16H,2,4,12H2,1H3. The summed E-state index contributed by atoms with van der Waals surface area (Å²) in [7, 11) is 0. The quantitative estimate of drug-likeness (QED) is 0.550. The Balaban J connectivity index is 1.79. The van der Waals surface area contributed by atoms with Gasteiger partial charge in [0.2, 0.25) is 5.91 Å². The highest BCUT2D eigenvalue weighted by molar-refractivity contribution is 8.15. The summed E-state index contributed by atoms with van der Waals surface area (Å²) in [5, 5.41) is 10.8. The Bertz CT molecular complexity index is 772. The van der Waals surface area contributed by atoms with E-state index in [0.717, 1.165) is 23.3 Å². The van der Waals surface area contributed by atoms with Gasteiger partial charge in [0.05, 0.1) is 18.0 Å². The number of benzene rings is 1. The highest BCUT2D eigenvalue weighted by Gasteiger charge is 2.37. The molecule has 0 N–H and O–H groups in total. The number of carbonyl (C=O) groups is 1. The van der Waals surface area contributed by atoms with Crippen LogP contribution >= 0.6 is 23.1 Å². The van der Waals surface area contributed by atoms with Crippen molar-refractivity contribution in [3.63, 3.8) is 0 Å². The summed E-state index contributed by atoms with van der Waals surface area (Å²) in [4.78, 5) is 15.3. The van der Waals surface area contributed by atoms with Crippen molar-refractivity contribution in [3.8, 4) is 0 Å². The van der Waals surface area contributed by atoms with E-state index in [1.807, 2.05) is 17.5 Å². The van der Waals surface area contributed by atoms with E-state index in [4.69, 9.17) is 0 Å². The molecule has 2 heterocycles. The maximum Gasteiger partial charge on any atom is 0.242 e. The van der Waals surface area contributed by atoms with Crippen molar-refractivity contribution >= 4 is 40.4 Å². The molecule has 1 aromatic heterocycles. The van der Waals surface area contributed by atoms with Crippen LogP contribution < -0.4 is 0 Å². The Labute approximate surface area is 154 Å². The third kappa shape index (κ3) is 4.55. The largest absolute Gasteiger partial charge is 0.284 e. The van der Waals surface area contributed by atoms with Gasteiger partial charge < -0.3 is 0 Å². The number of nitrogens with zero attached hydrogens (tertiary/aromatic N) is 3. The van der Waals surface area contributed by atoms with Crippen LogP contribution in [-0.4, -0.2) is 27.4 Å². The van der Waals surface area contributed by atoms with E-state index in [9.17, 15) is 9.18 Å². The highest BCUT2D eigenvalue weighted by atomic mass is 32.2. The lowest BCUT2D eigenvalue weighted by molar-refractivity contribution is -0.126. The number of rotatable bonds is 6. The minimum absolute atomic E-state index is 0.0428. The molecular formula is C18H18FN3OS2. The molecule has 0 saturated carbocycles. The fraction of sp³-hybridized carbons (Fsp3) is 0.278. The molecule has 0 aliphatic carbocycles. The zero-order chi connectivity index (χ0) is 17.6. The van der Waals surface area contributed by atoms with Gasteiger partial charge in [-0.3, -0.25) is 9.69 Å². The average Bonchev–Trinajstić information content (AvgIpc) is 3.21. The SMILES string of the molecule is CCCC1SC(=NN=Cc2cccs2)N(Cc2ccc(F)cc2)C1=O. The molecule has 1 unspecified atom stereocenters. The Kier molecular flexibility index (Phi) is 5.99. The van der Waals surface area contributed by atoms with Crippen molar-refractivity contribution in [2.75, 3.05) is 0 Å². The first-order valence-electron chi connectivity index (χ1n) is 8.04. The first kappa shape index (κ1) is 17.8. The topological polar surface area (TPSA) is 45.0 Å². The molecule has 1 aliphatic heterocycles. The number of carbonyl (C=O) groups excluding carboxylic acids is 1. The van der Waals surface area contributed by atoms with Crippen LogP contribution in [-0.2, 0) is 11.3 Å². The fourth-order valence-electron chi connectivity index (χ4n) is 2.45. The maximum absolute atomic E-state index is 13.1. The normalized spacial score (nSPS) is 19.4. The summed E-state index contributed by atoms with van der Waals surface area (Å²) in [6.07, 6.45) is 3.42. The summed E-state index contributed by atoms with van der Waals surface area (Å²) in [5.41, 5.74) is 0.863. The predicted octanol–water partition coefficient (Wildman–Crippen LogP) is 4.52.